The van der Waals surface area contributed by atoms with Crippen molar-refractivity contribution in [1.82, 2.24) is 4.72 Å². The van der Waals surface area contributed by atoms with Crippen LogP contribution in [0.3, 0.4) is 0 Å². The monoisotopic (exact) mass is 347 g/mol. The Bertz CT molecular complexity index is 771. The molecule has 0 amide bonds. The summed E-state index contributed by atoms with van der Waals surface area (Å²) >= 11 is 0. The summed E-state index contributed by atoms with van der Waals surface area (Å²) in [4.78, 5) is 0.304. The highest BCUT2D eigenvalue weighted by atomic mass is 32.2. The van der Waals surface area contributed by atoms with E-state index < -0.39 is 10.0 Å². The van der Waals surface area contributed by atoms with Gasteiger partial charge in [0, 0.05) is 6.54 Å². The number of sulfonamides is 1. The molecule has 0 atom stereocenters. The number of hydrogen-bond donors (Lipinski definition) is 1. The van der Waals surface area contributed by atoms with Crippen LogP contribution in [0.5, 0.6) is 5.75 Å². The third kappa shape index (κ3) is 4.58. The Balaban J connectivity index is 2.16. The first kappa shape index (κ1) is 18.5. The van der Waals surface area contributed by atoms with E-state index in [4.69, 9.17) is 4.74 Å². The molecule has 24 heavy (non-hydrogen) atoms. The minimum Gasteiger partial charge on any atom is -0.493 e. The van der Waals surface area contributed by atoms with Crippen LogP contribution in [0.2, 0.25) is 0 Å². The third-order valence-corrected chi connectivity index (χ3v) is 5.59. The molecule has 0 spiro atoms. The summed E-state index contributed by atoms with van der Waals surface area (Å²) in [6, 6.07) is 12.8. The Morgan fingerprint density at radius 1 is 1.00 bits per heavy atom. The van der Waals surface area contributed by atoms with Gasteiger partial charge in [-0.25, -0.2) is 13.1 Å². The SMILES string of the molecule is CCCCOc1ccc(S(=O)(=O)NCc2ccccc2)c(C)c1C. The second-order valence-electron chi connectivity index (χ2n) is 5.82. The zero-order valence-corrected chi connectivity index (χ0v) is 15.3. The molecule has 2 aromatic rings. The first-order valence-corrected chi connectivity index (χ1v) is 9.70. The van der Waals surface area contributed by atoms with Crippen LogP contribution in [0, 0.1) is 13.8 Å². The topological polar surface area (TPSA) is 55.4 Å². The van der Waals surface area contributed by atoms with Crippen molar-refractivity contribution >= 4 is 10.0 Å². The molecule has 5 heteroatoms. The number of hydrogen-bond acceptors (Lipinski definition) is 3. The van der Waals surface area contributed by atoms with E-state index in [1.54, 1.807) is 12.1 Å². The van der Waals surface area contributed by atoms with E-state index in [0.29, 0.717) is 11.5 Å². The standard InChI is InChI=1S/C19H25NO3S/c1-4-5-13-23-18-11-12-19(16(3)15(18)2)24(21,22)20-14-17-9-7-6-8-10-17/h6-12,20H,4-5,13-14H2,1-3H3. The van der Waals surface area contributed by atoms with E-state index in [1.807, 2.05) is 44.2 Å². The zero-order chi connectivity index (χ0) is 17.6. The van der Waals surface area contributed by atoms with E-state index in [1.165, 1.54) is 0 Å². The Morgan fingerprint density at radius 3 is 2.38 bits per heavy atom. The van der Waals surface area contributed by atoms with Crippen molar-refractivity contribution in [2.24, 2.45) is 0 Å². The number of ether oxygens (including phenoxy) is 1. The van der Waals surface area contributed by atoms with E-state index >= 15 is 0 Å². The van der Waals surface area contributed by atoms with E-state index in [2.05, 4.69) is 11.6 Å². The molecule has 0 unspecified atom stereocenters. The molecule has 0 aliphatic rings. The molecule has 0 bridgehead atoms. The first-order valence-electron chi connectivity index (χ1n) is 8.22. The molecular weight excluding hydrogens is 322 g/mol. The van der Waals surface area contributed by atoms with Crippen LogP contribution in [0.25, 0.3) is 0 Å². The summed E-state index contributed by atoms with van der Waals surface area (Å²) in [5, 5.41) is 0. The Hall–Kier alpha value is -1.85. The highest BCUT2D eigenvalue weighted by Gasteiger charge is 2.19. The first-order chi connectivity index (χ1) is 11.5. The van der Waals surface area contributed by atoms with Crippen LogP contribution in [0.1, 0.15) is 36.5 Å². The molecule has 0 saturated heterocycles. The molecule has 2 aromatic carbocycles. The Kier molecular flexibility index (Phi) is 6.40. The summed E-state index contributed by atoms with van der Waals surface area (Å²) in [7, 11) is -3.56. The van der Waals surface area contributed by atoms with E-state index in [9.17, 15) is 8.42 Å². The molecule has 4 nitrogen and oxygen atoms in total. The van der Waals surface area contributed by atoms with E-state index in [0.717, 1.165) is 35.3 Å². The van der Waals surface area contributed by atoms with Crippen molar-refractivity contribution in [1.29, 1.82) is 0 Å². The van der Waals surface area contributed by atoms with Crippen molar-refractivity contribution in [2.75, 3.05) is 6.61 Å². The van der Waals surface area contributed by atoms with Crippen molar-refractivity contribution < 1.29 is 13.2 Å². The molecule has 0 aromatic heterocycles. The lowest BCUT2D eigenvalue weighted by Crippen LogP contribution is -2.24. The summed E-state index contributed by atoms with van der Waals surface area (Å²) < 4.78 is 33.6. The predicted molar refractivity (Wildman–Crippen MR) is 96.8 cm³/mol. The highest BCUT2D eigenvalue weighted by Crippen LogP contribution is 2.27. The lowest BCUT2D eigenvalue weighted by Gasteiger charge is -2.15. The molecular formula is C19H25NO3S. The van der Waals surface area contributed by atoms with Crippen LogP contribution < -0.4 is 9.46 Å². The fourth-order valence-electron chi connectivity index (χ4n) is 2.40. The van der Waals surface area contributed by atoms with Gasteiger partial charge in [-0.15, -0.1) is 0 Å². The molecule has 0 saturated carbocycles. The molecule has 0 heterocycles. The average molecular weight is 347 g/mol. The normalized spacial score (nSPS) is 11.5. The molecule has 130 valence electrons. The summed E-state index contributed by atoms with van der Waals surface area (Å²) in [6.07, 6.45) is 2.05. The lowest BCUT2D eigenvalue weighted by molar-refractivity contribution is 0.307. The third-order valence-electron chi connectivity index (χ3n) is 4.04. The fourth-order valence-corrected chi connectivity index (χ4v) is 3.71. The number of benzene rings is 2. The highest BCUT2D eigenvalue weighted by molar-refractivity contribution is 7.89. The van der Waals surface area contributed by atoms with E-state index in [-0.39, 0.29) is 6.54 Å². The van der Waals surface area contributed by atoms with Gasteiger partial charge in [-0.05, 0) is 49.1 Å². The minimum absolute atomic E-state index is 0.274. The van der Waals surface area contributed by atoms with Gasteiger partial charge in [0.05, 0.1) is 11.5 Å². The van der Waals surface area contributed by atoms with Crippen LogP contribution in [-0.4, -0.2) is 15.0 Å². The quantitative estimate of drug-likeness (QED) is 0.735. The molecule has 1 N–H and O–H groups in total. The number of unbranched alkanes of at least 4 members (excludes halogenated alkanes) is 1. The van der Waals surface area contributed by atoms with Crippen molar-refractivity contribution in [3.05, 3.63) is 59.2 Å². The number of nitrogens with one attached hydrogen (secondary N) is 1. The summed E-state index contributed by atoms with van der Waals surface area (Å²) in [6.45, 7) is 6.74. The fraction of sp³-hybridized carbons (Fsp3) is 0.368. The average Bonchev–Trinajstić information content (AvgIpc) is 2.58. The van der Waals surface area contributed by atoms with Crippen molar-refractivity contribution in [3.8, 4) is 5.75 Å². The van der Waals surface area contributed by atoms with Crippen LogP contribution in [0.15, 0.2) is 47.4 Å². The van der Waals surface area contributed by atoms with Gasteiger partial charge in [-0.2, -0.15) is 0 Å². The van der Waals surface area contributed by atoms with Gasteiger partial charge in [0.1, 0.15) is 5.75 Å². The van der Waals surface area contributed by atoms with Crippen molar-refractivity contribution in [3.63, 3.8) is 0 Å². The lowest BCUT2D eigenvalue weighted by atomic mass is 10.1. The summed E-state index contributed by atoms with van der Waals surface area (Å²) in [5.41, 5.74) is 2.52. The number of rotatable bonds is 8. The maximum atomic E-state index is 12.6. The van der Waals surface area contributed by atoms with Gasteiger partial charge in [-0.1, -0.05) is 43.7 Å². The maximum Gasteiger partial charge on any atom is 0.241 e. The predicted octanol–water partition coefficient (Wildman–Crippen LogP) is 3.96. The molecule has 0 aliphatic carbocycles. The van der Waals surface area contributed by atoms with Crippen LogP contribution >= 0.6 is 0 Å². The Labute approximate surface area is 144 Å². The van der Waals surface area contributed by atoms with Crippen molar-refractivity contribution in [2.45, 2.75) is 45.1 Å². The van der Waals surface area contributed by atoms with Gasteiger partial charge >= 0.3 is 0 Å². The van der Waals surface area contributed by atoms with Gasteiger partial charge in [0.15, 0.2) is 0 Å². The van der Waals surface area contributed by atoms with Gasteiger partial charge in [-0.3, -0.25) is 0 Å². The van der Waals surface area contributed by atoms with Gasteiger partial charge in [0.25, 0.3) is 0 Å². The largest absolute Gasteiger partial charge is 0.493 e. The van der Waals surface area contributed by atoms with Crippen LogP contribution in [0.4, 0.5) is 0 Å². The van der Waals surface area contributed by atoms with Gasteiger partial charge < -0.3 is 4.74 Å². The minimum atomic E-state index is -3.56. The molecule has 0 aliphatic heterocycles. The van der Waals surface area contributed by atoms with Gasteiger partial charge in [0.2, 0.25) is 10.0 Å². The second kappa shape index (κ2) is 8.31. The molecule has 0 fully saturated rings. The zero-order valence-electron chi connectivity index (χ0n) is 14.5. The second-order valence-corrected chi connectivity index (χ2v) is 7.56. The summed E-state index contributed by atoms with van der Waals surface area (Å²) in [5.74, 6) is 0.753. The van der Waals surface area contributed by atoms with Crippen LogP contribution in [-0.2, 0) is 16.6 Å². The Morgan fingerprint density at radius 2 is 1.71 bits per heavy atom. The smallest absolute Gasteiger partial charge is 0.241 e. The molecule has 2 rings (SSSR count). The molecule has 0 radical (unpaired) electrons. The maximum absolute atomic E-state index is 12.6.